The minimum Gasteiger partial charge on any atom is -0.375 e. The van der Waals surface area contributed by atoms with Gasteiger partial charge in [-0.05, 0) is 50.1 Å². The third kappa shape index (κ3) is 5.11. The maximum absolute atomic E-state index is 11.1. The number of likely N-dealkylation sites (tertiary alicyclic amines) is 1. The molecule has 1 aliphatic carbocycles. The smallest absolute Gasteiger partial charge is 0.272 e. The van der Waals surface area contributed by atoms with Gasteiger partial charge in [-0.1, -0.05) is 6.42 Å². The molecular weight excluding hydrogens is 387 g/mol. The van der Waals surface area contributed by atoms with Crippen molar-refractivity contribution in [2.24, 2.45) is 0 Å². The lowest BCUT2D eigenvalue weighted by Crippen LogP contribution is -2.47. The maximum Gasteiger partial charge on any atom is 0.272 e. The van der Waals surface area contributed by atoms with Crippen LogP contribution in [0.1, 0.15) is 55.4 Å². The number of carbonyl (C=O) groups excluding carboxylic acids is 1. The molecule has 2 saturated heterocycles. The van der Waals surface area contributed by atoms with Gasteiger partial charge in [-0.25, -0.2) is 9.97 Å². The largest absolute Gasteiger partial charge is 0.375 e. The summed E-state index contributed by atoms with van der Waals surface area (Å²) in [6.45, 7) is 4.23. The minimum absolute atomic E-state index is 0. The lowest BCUT2D eigenvalue weighted by atomic mass is 9.89. The summed E-state index contributed by atoms with van der Waals surface area (Å²) in [6.07, 6.45) is 12.4. The highest BCUT2D eigenvalue weighted by atomic mass is 35.5. The summed E-state index contributed by atoms with van der Waals surface area (Å²) in [5.41, 5.74) is 0.196. The molecule has 0 aromatic carbocycles. The molecule has 3 heterocycles. The Bertz CT molecular complexity index is 611. The van der Waals surface area contributed by atoms with Gasteiger partial charge < -0.3 is 14.5 Å². The van der Waals surface area contributed by atoms with Crippen LogP contribution in [0.3, 0.4) is 0 Å². The lowest BCUT2D eigenvalue weighted by molar-refractivity contribution is -0.0598. The van der Waals surface area contributed by atoms with Crippen molar-refractivity contribution in [3.63, 3.8) is 0 Å². The number of anilines is 1. The highest BCUT2D eigenvalue weighted by molar-refractivity contribution is 6.67. The van der Waals surface area contributed by atoms with Crippen molar-refractivity contribution in [1.82, 2.24) is 14.9 Å². The molecule has 1 aromatic heterocycles. The topological polar surface area (TPSA) is 58.6 Å². The Hall–Kier alpha value is -0.950. The third-order valence-electron chi connectivity index (χ3n) is 6.06. The number of nitrogens with zero attached hydrogens (tertiary/aromatic N) is 4. The number of piperidine rings is 2. The molecule has 1 aromatic rings. The Morgan fingerprint density at radius 3 is 2.07 bits per heavy atom. The molecule has 0 spiro atoms. The van der Waals surface area contributed by atoms with E-state index in [1.165, 1.54) is 51.4 Å². The fourth-order valence-corrected chi connectivity index (χ4v) is 4.31. The second kappa shape index (κ2) is 9.50. The summed E-state index contributed by atoms with van der Waals surface area (Å²) in [5.74, 6) is 0.805. The summed E-state index contributed by atoms with van der Waals surface area (Å²) >= 11 is 5.42. The average molecular weight is 415 g/mol. The van der Waals surface area contributed by atoms with Crippen LogP contribution in [0.5, 0.6) is 0 Å². The Morgan fingerprint density at radius 2 is 1.59 bits per heavy atom. The normalized spacial score (nSPS) is 22.9. The van der Waals surface area contributed by atoms with Crippen LogP contribution in [-0.4, -0.2) is 64.5 Å². The van der Waals surface area contributed by atoms with E-state index in [1.807, 2.05) is 0 Å². The number of hydrogen-bond donors (Lipinski definition) is 0. The second-order valence-electron chi connectivity index (χ2n) is 7.68. The van der Waals surface area contributed by atoms with E-state index in [2.05, 4.69) is 19.8 Å². The van der Waals surface area contributed by atoms with Crippen LogP contribution in [0.15, 0.2) is 12.4 Å². The first-order valence-electron chi connectivity index (χ1n) is 9.85. The first kappa shape index (κ1) is 20.8. The quantitative estimate of drug-likeness (QED) is 0.688. The van der Waals surface area contributed by atoms with E-state index in [0.717, 1.165) is 37.8 Å². The molecular formula is C19H28Cl2N4O2. The number of ether oxygens (including phenoxy) is 1. The Labute approximate surface area is 172 Å². The zero-order valence-electron chi connectivity index (χ0n) is 15.6. The predicted molar refractivity (Wildman–Crippen MR) is 108 cm³/mol. The van der Waals surface area contributed by atoms with Gasteiger partial charge in [0.15, 0.2) is 0 Å². The zero-order valence-corrected chi connectivity index (χ0v) is 17.1. The van der Waals surface area contributed by atoms with E-state index in [9.17, 15) is 4.79 Å². The van der Waals surface area contributed by atoms with Crippen LogP contribution in [0, 0.1) is 0 Å². The van der Waals surface area contributed by atoms with Crippen molar-refractivity contribution >= 4 is 35.1 Å². The first-order valence-corrected chi connectivity index (χ1v) is 10.2. The molecule has 0 amide bonds. The minimum atomic E-state index is -0.570. The van der Waals surface area contributed by atoms with E-state index < -0.39 is 5.24 Å². The number of aromatic nitrogens is 2. The molecule has 27 heavy (non-hydrogen) atoms. The Balaban J connectivity index is 0.00000210. The van der Waals surface area contributed by atoms with E-state index in [-0.39, 0.29) is 18.1 Å². The van der Waals surface area contributed by atoms with Gasteiger partial charge in [0.2, 0.25) is 0 Å². The van der Waals surface area contributed by atoms with Crippen LogP contribution in [0.2, 0.25) is 0 Å². The van der Waals surface area contributed by atoms with Crippen molar-refractivity contribution in [2.75, 3.05) is 31.1 Å². The highest BCUT2D eigenvalue weighted by Crippen LogP contribution is 2.29. The summed E-state index contributed by atoms with van der Waals surface area (Å²) < 4.78 is 6.40. The van der Waals surface area contributed by atoms with Gasteiger partial charge in [0.05, 0.1) is 24.6 Å². The molecule has 3 fully saturated rings. The van der Waals surface area contributed by atoms with Crippen LogP contribution in [-0.2, 0) is 4.74 Å². The van der Waals surface area contributed by atoms with Gasteiger partial charge in [0.25, 0.3) is 5.24 Å². The lowest BCUT2D eigenvalue weighted by Gasteiger charge is -2.42. The van der Waals surface area contributed by atoms with E-state index in [0.29, 0.717) is 12.2 Å². The summed E-state index contributed by atoms with van der Waals surface area (Å²) in [5, 5.41) is -0.570. The molecule has 0 unspecified atom stereocenters. The van der Waals surface area contributed by atoms with Gasteiger partial charge >= 0.3 is 0 Å². The van der Waals surface area contributed by atoms with E-state index in [1.54, 1.807) is 6.20 Å². The number of halogens is 2. The van der Waals surface area contributed by atoms with Crippen molar-refractivity contribution in [1.29, 1.82) is 0 Å². The number of rotatable bonds is 5. The fraction of sp³-hybridized carbons (Fsp3) is 0.737. The molecule has 3 aliphatic rings. The molecule has 0 N–H and O–H groups in total. The van der Waals surface area contributed by atoms with Gasteiger partial charge in [-0.3, -0.25) is 4.79 Å². The molecule has 0 atom stereocenters. The van der Waals surface area contributed by atoms with Gasteiger partial charge in [0, 0.05) is 32.2 Å². The fourth-order valence-electron chi connectivity index (χ4n) is 4.21. The molecule has 1 saturated carbocycles. The molecule has 0 bridgehead atoms. The van der Waals surface area contributed by atoms with Crippen LogP contribution >= 0.6 is 24.0 Å². The molecule has 2 aliphatic heterocycles. The molecule has 150 valence electrons. The standard InChI is InChI=1S/C19H27ClN4O2.ClH/c20-19(25)17-12-22-18(13-21-17)24-10-6-16(7-11-24)26-15-4-8-23(9-5-15)14-2-1-3-14;/h12-16H,1-11H2;1H. The first-order chi connectivity index (χ1) is 12.7. The molecule has 4 rings (SSSR count). The van der Waals surface area contributed by atoms with Gasteiger partial charge in [0.1, 0.15) is 11.5 Å². The molecule has 8 heteroatoms. The van der Waals surface area contributed by atoms with Crippen molar-refractivity contribution < 1.29 is 9.53 Å². The number of carbonyl (C=O) groups is 1. The van der Waals surface area contributed by atoms with Gasteiger partial charge in [-0.15, -0.1) is 12.4 Å². The summed E-state index contributed by atoms with van der Waals surface area (Å²) in [6, 6.07) is 0.862. The zero-order chi connectivity index (χ0) is 17.9. The van der Waals surface area contributed by atoms with Crippen molar-refractivity contribution in [3.8, 4) is 0 Å². The Kier molecular flexibility index (Phi) is 7.31. The summed E-state index contributed by atoms with van der Waals surface area (Å²) in [4.78, 5) is 24.3. The SMILES string of the molecule is Cl.O=C(Cl)c1cnc(N2CCC(OC3CCN(C4CCC4)CC3)CC2)cn1. The van der Waals surface area contributed by atoms with Crippen LogP contribution in [0.4, 0.5) is 5.82 Å². The van der Waals surface area contributed by atoms with Crippen LogP contribution in [0.25, 0.3) is 0 Å². The molecule has 6 nitrogen and oxygen atoms in total. The third-order valence-corrected chi connectivity index (χ3v) is 6.25. The summed E-state index contributed by atoms with van der Waals surface area (Å²) in [7, 11) is 0. The highest BCUT2D eigenvalue weighted by Gasteiger charge is 2.30. The van der Waals surface area contributed by atoms with Gasteiger partial charge in [-0.2, -0.15) is 0 Å². The van der Waals surface area contributed by atoms with Crippen molar-refractivity contribution in [2.45, 2.75) is 63.2 Å². The average Bonchev–Trinajstić information content (AvgIpc) is 2.63. The van der Waals surface area contributed by atoms with E-state index >= 15 is 0 Å². The van der Waals surface area contributed by atoms with Crippen LogP contribution < -0.4 is 4.90 Å². The number of hydrogen-bond acceptors (Lipinski definition) is 6. The monoisotopic (exact) mass is 414 g/mol. The molecule has 0 radical (unpaired) electrons. The second-order valence-corrected chi connectivity index (χ2v) is 8.02. The Morgan fingerprint density at radius 1 is 0.963 bits per heavy atom. The van der Waals surface area contributed by atoms with E-state index in [4.69, 9.17) is 16.3 Å². The predicted octanol–water partition coefficient (Wildman–Crippen LogP) is 3.28. The van der Waals surface area contributed by atoms with Crippen molar-refractivity contribution in [3.05, 3.63) is 18.1 Å². The maximum atomic E-state index is 11.1.